The van der Waals surface area contributed by atoms with E-state index in [9.17, 15) is 13.2 Å². The third-order valence-corrected chi connectivity index (χ3v) is 6.06. The minimum Gasteiger partial charge on any atom is -0.465 e. The SMILES string of the molecule is C=CCN(c1cccc(C(=O)OC)c1)S(=O)(=O)c1cccs1. The molecule has 0 saturated heterocycles. The summed E-state index contributed by atoms with van der Waals surface area (Å²) in [7, 11) is -2.42. The van der Waals surface area contributed by atoms with Crippen LogP contribution < -0.4 is 4.31 Å². The molecular weight excluding hydrogens is 322 g/mol. The highest BCUT2D eigenvalue weighted by atomic mass is 32.2. The van der Waals surface area contributed by atoms with E-state index >= 15 is 0 Å². The van der Waals surface area contributed by atoms with Crippen molar-refractivity contribution in [2.75, 3.05) is 18.0 Å². The minimum atomic E-state index is -3.69. The molecule has 0 fully saturated rings. The van der Waals surface area contributed by atoms with Crippen LogP contribution in [0.5, 0.6) is 0 Å². The van der Waals surface area contributed by atoms with E-state index in [1.807, 2.05) is 0 Å². The van der Waals surface area contributed by atoms with Crippen LogP contribution in [0.4, 0.5) is 5.69 Å². The summed E-state index contributed by atoms with van der Waals surface area (Å²) in [5, 5.41) is 1.70. The number of nitrogens with zero attached hydrogens (tertiary/aromatic N) is 1. The average molecular weight is 337 g/mol. The van der Waals surface area contributed by atoms with Crippen molar-refractivity contribution in [1.29, 1.82) is 0 Å². The largest absolute Gasteiger partial charge is 0.465 e. The fraction of sp³-hybridized carbons (Fsp3) is 0.133. The van der Waals surface area contributed by atoms with Crippen LogP contribution in [0.15, 0.2) is 58.6 Å². The molecule has 22 heavy (non-hydrogen) atoms. The molecule has 0 atom stereocenters. The van der Waals surface area contributed by atoms with Crippen molar-refractivity contribution in [3.05, 3.63) is 60.0 Å². The first-order valence-electron chi connectivity index (χ1n) is 6.36. The third kappa shape index (κ3) is 3.20. The van der Waals surface area contributed by atoms with Gasteiger partial charge in [0.1, 0.15) is 4.21 Å². The van der Waals surface area contributed by atoms with E-state index in [1.165, 1.54) is 23.6 Å². The summed E-state index contributed by atoms with van der Waals surface area (Å²) in [5.41, 5.74) is 0.673. The Kier molecular flexibility index (Phi) is 4.99. The first kappa shape index (κ1) is 16.3. The molecule has 5 nitrogen and oxygen atoms in total. The summed E-state index contributed by atoms with van der Waals surface area (Å²) >= 11 is 1.14. The van der Waals surface area contributed by atoms with Crippen LogP contribution in [-0.4, -0.2) is 28.0 Å². The number of benzene rings is 1. The maximum atomic E-state index is 12.7. The smallest absolute Gasteiger partial charge is 0.337 e. The van der Waals surface area contributed by atoms with Gasteiger partial charge in [0.05, 0.1) is 24.9 Å². The second-order valence-corrected chi connectivity index (χ2v) is 7.34. The van der Waals surface area contributed by atoms with Gasteiger partial charge in [-0.2, -0.15) is 0 Å². The number of methoxy groups -OCH3 is 1. The number of carbonyl (C=O) groups is 1. The van der Waals surface area contributed by atoms with Gasteiger partial charge in [-0.1, -0.05) is 18.2 Å². The predicted octanol–water partition coefficient (Wildman–Crippen LogP) is 2.92. The maximum absolute atomic E-state index is 12.7. The van der Waals surface area contributed by atoms with Gasteiger partial charge in [-0.05, 0) is 29.6 Å². The van der Waals surface area contributed by atoms with Crippen molar-refractivity contribution >= 4 is 33.0 Å². The topological polar surface area (TPSA) is 63.7 Å². The van der Waals surface area contributed by atoms with Gasteiger partial charge in [0.15, 0.2) is 0 Å². The monoisotopic (exact) mass is 337 g/mol. The van der Waals surface area contributed by atoms with E-state index in [0.29, 0.717) is 5.69 Å². The quantitative estimate of drug-likeness (QED) is 0.600. The highest BCUT2D eigenvalue weighted by Crippen LogP contribution is 2.27. The van der Waals surface area contributed by atoms with Crippen molar-refractivity contribution in [3.8, 4) is 0 Å². The fourth-order valence-electron chi connectivity index (χ4n) is 1.88. The number of rotatable bonds is 6. The molecule has 1 heterocycles. The lowest BCUT2D eigenvalue weighted by atomic mass is 10.2. The van der Waals surface area contributed by atoms with E-state index in [0.717, 1.165) is 11.3 Å². The van der Waals surface area contributed by atoms with E-state index in [-0.39, 0.29) is 16.3 Å². The normalized spacial score (nSPS) is 11.0. The molecule has 0 spiro atoms. The number of carbonyl (C=O) groups excluding carboxylic acids is 1. The molecule has 0 aliphatic rings. The summed E-state index contributed by atoms with van der Waals surface area (Å²) in [6.07, 6.45) is 1.50. The molecule has 0 radical (unpaired) electrons. The lowest BCUT2D eigenvalue weighted by Gasteiger charge is -2.22. The second-order valence-electron chi connectivity index (χ2n) is 4.30. The fourth-order valence-corrected chi connectivity index (χ4v) is 4.42. The standard InChI is InChI=1S/C15H15NO4S2/c1-3-9-16(22(18,19)14-8-5-10-21-14)13-7-4-6-12(11-13)15(17)20-2/h3-8,10-11H,1,9H2,2H3. The molecule has 0 bridgehead atoms. The number of hydrogen-bond donors (Lipinski definition) is 0. The van der Waals surface area contributed by atoms with Gasteiger partial charge in [-0.15, -0.1) is 17.9 Å². The summed E-state index contributed by atoms with van der Waals surface area (Å²) in [6.45, 7) is 3.70. The highest BCUT2D eigenvalue weighted by Gasteiger charge is 2.25. The molecule has 7 heteroatoms. The highest BCUT2D eigenvalue weighted by molar-refractivity contribution is 7.94. The van der Waals surface area contributed by atoms with E-state index in [1.54, 1.807) is 35.7 Å². The average Bonchev–Trinajstić information content (AvgIpc) is 3.07. The van der Waals surface area contributed by atoms with E-state index < -0.39 is 16.0 Å². The Morgan fingerprint density at radius 3 is 2.73 bits per heavy atom. The van der Waals surface area contributed by atoms with Crippen LogP contribution in [0.25, 0.3) is 0 Å². The van der Waals surface area contributed by atoms with Gasteiger partial charge >= 0.3 is 5.97 Å². The Bertz CT molecular complexity index is 767. The van der Waals surface area contributed by atoms with Gasteiger partial charge in [0.25, 0.3) is 10.0 Å². The molecule has 0 aliphatic carbocycles. The van der Waals surface area contributed by atoms with Crippen LogP contribution >= 0.6 is 11.3 Å². The molecule has 0 N–H and O–H groups in total. The Morgan fingerprint density at radius 1 is 1.36 bits per heavy atom. The van der Waals surface area contributed by atoms with Crippen molar-refractivity contribution in [2.24, 2.45) is 0 Å². The van der Waals surface area contributed by atoms with Gasteiger partial charge in [-0.25, -0.2) is 13.2 Å². The summed E-state index contributed by atoms with van der Waals surface area (Å²) in [6, 6.07) is 9.51. The number of esters is 1. The molecule has 0 unspecified atom stereocenters. The Labute approximate surface area is 133 Å². The van der Waals surface area contributed by atoms with Crippen molar-refractivity contribution in [1.82, 2.24) is 0 Å². The number of thiophene rings is 1. The molecule has 116 valence electrons. The van der Waals surface area contributed by atoms with Crippen LogP contribution in [0.3, 0.4) is 0 Å². The minimum absolute atomic E-state index is 0.102. The number of ether oxygens (including phenoxy) is 1. The molecule has 0 saturated carbocycles. The lowest BCUT2D eigenvalue weighted by molar-refractivity contribution is 0.0600. The van der Waals surface area contributed by atoms with Crippen molar-refractivity contribution in [2.45, 2.75) is 4.21 Å². The van der Waals surface area contributed by atoms with Crippen molar-refractivity contribution < 1.29 is 17.9 Å². The molecular formula is C15H15NO4S2. The molecule has 0 amide bonds. The third-order valence-electron chi connectivity index (χ3n) is 2.89. The van der Waals surface area contributed by atoms with Crippen molar-refractivity contribution in [3.63, 3.8) is 0 Å². The molecule has 1 aromatic carbocycles. The van der Waals surface area contributed by atoms with Gasteiger partial charge < -0.3 is 4.74 Å². The zero-order valence-electron chi connectivity index (χ0n) is 11.9. The lowest BCUT2D eigenvalue weighted by Crippen LogP contribution is -2.30. The Morgan fingerprint density at radius 2 is 2.14 bits per heavy atom. The molecule has 1 aromatic heterocycles. The predicted molar refractivity (Wildman–Crippen MR) is 86.8 cm³/mol. The summed E-state index contributed by atoms with van der Waals surface area (Å²) in [5.74, 6) is -0.520. The second kappa shape index (κ2) is 6.76. The zero-order chi connectivity index (χ0) is 16.2. The van der Waals surface area contributed by atoms with Crippen LogP contribution in [-0.2, 0) is 14.8 Å². The van der Waals surface area contributed by atoms with Crippen LogP contribution in [0.1, 0.15) is 10.4 Å². The van der Waals surface area contributed by atoms with Crippen LogP contribution in [0.2, 0.25) is 0 Å². The summed E-state index contributed by atoms with van der Waals surface area (Å²) in [4.78, 5) is 11.6. The van der Waals surface area contributed by atoms with Crippen LogP contribution in [0, 0.1) is 0 Å². The maximum Gasteiger partial charge on any atom is 0.337 e. The Hall–Kier alpha value is -2.12. The number of anilines is 1. The van der Waals surface area contributed by atoms with E-state index in [2.05, 4.69) is 11.3 Å². The molecule has 2 aromatic rings. The van der Waals surface area contributed by atoms with Gasteiger partial charge in [0, 0.05) is 0 Å². The number of hydrogen-bond acceptors (Lipinski definition) is 5. The Balaban J connectivity index is 2.49. The van der Waals surface area contributed by atoms with E-state index in [4.69, 9.17) is 0 Å². The first-order valence-corrected chi connectivity index (χ1v) is 8.68. The van der Waals surface area contributed by atoms with Gasteiger partial charge in [-0.3, -0.25) is 4.31 Å². The molecule has 0 aliphatic heterocycles. The zero-order valence-corrected chi connectivity index (χ0v) is 13.6. The first-order chi connectivity index (χ1) is 10.5. The molecule has 2 rings (SSSR count). The van der Waals surface area contributed by atoms with Gasteiger partial charge in [0.2, 0.25) is 0 Å². The summed E-state index contributed by atoms with van der Waals surface area (Å²) < 4.78 is 31.5. The number of sulfonamides is 1.